The normalized spacial score (nSPS) is 13.9. The smallest absolute Gasteiger partial charge is 0.0625 e. The van der Waals surface area contributed by atoms with Crippen molar-refractivity contribution in [3.63, 3.8) is 0 Å². The second kappa shape index (κ2) is 5.29. The van der Waals surface area contributed by atoms with E-state index >= 15 is 0 Å². The van der Waals surface area contributed by atoms with Crippen molar-refractivity contribution in [2.24, 2.45) is 5.92 Å². The van der Waals surface area contributed by atoms with E-state index < -0.39 is 0 Å². The van der Waals surface area contributed by atoms with Crippen LogP contribution >= 0.6 is 0 Å². The van der Waals surface area contributed by atoms with Crippen molar-refractivity contribution in [2.75, 3.05) is 0 Å². The van der Waals surface area contributed by atoms with Gasteiger partial charge in [0.1, 0.15) is 0 Å². The molecule has 0 amide bonds. The summed E-state index contributed by atoms with van der Waals surface area (Å²) < 4.78 is 0. The first kappa shape index (κ1) is 12.2. The second-order valence-corrected chi connectivity index (χ2v) is 4.57. The van der Waals surface area contributed by atoms with E-state index in [0.29, 0.717) is 5.92 Å². The Kier molecular flexibility index (Phi) is 4.30. The fraction of sp³-hybridized carbons (Fsp3) is 0.538. The Labute approximate surface area is 92.5 Å². The van der Waals surface area contributed by atoms with Crippen molar-refractivity contribution in [3.05, 3.63) is 35.9 Å². The molecule has 0 saturated heterocycles. The van der Waals surface area contributed by atoms with Crippen molar-refractivity contribution in [1.82, 2.24) is 5.06 Å². The lowest BCUT2D eigenvalue weighted by molar-refractivity contribution is -0.164. The zero-order chi connectivity index (χ0) is 11.4. The van der Waals surface area contributed by atoms with Gasteiger partial charge >= 0.3 is 0 Å². The topological polar surface area (TPSA) is 23.5 Å². The number of rotatable bonds is 4. The fourth-order valence-corrected chi connectivity index (χ4v) is 1.81. The minimum absolute atomic E-state index is 0.0752. The molecule has 0 fully saturated rings. The Bertz CT molecular complexity index is 282. The summed E-state index contributed by atoms with van der Waals surface area (Å²) in [5.41, 5.74) is 1.17. The summed E-state index contributed by atoms with van der Waals surface area (Å²) in [5.74, 6) is 0.389. The molecule has 0 spiro atoms. The lowest BCUT2D eigenvalue weighted by atomic mass is 9.95. The van der Waals surface area contributed by atoms with Gasteiger partial charge in [-0.1, -0.05) is 44.2 Å². The molecule has 1 unspecified atom stereocenters. The van der Waals surface area contributed by atoms with Gasteiger partial charge in [-0.25, -0.2) is 0 Å². The minimum atomic E-state index is 0.0752. The molecule has 0 aliphatic carbocycles. The minimum Gasteiger partial charge on any atom is -0.313 e. The van der Waals surface area contributed by atoms with Crippen LogP contribution in [0.2, 0.25) is 0 Å². The molecule has 0 bridgehead atoms. The quantitative estimate of drug-likeness (QED) is 0.764. The number of hydroxylamine groups is 2. The Morgan fingerprint density at radius 1 is 1.00 bits per heavy atom. The maximum absolute atomic E-state index is 10.0. The van der Waals surface area contributed by atoms with Crippen molar-refractivity contribution >= 4 is 0 Å². The molecule has 1 rings (SSSR count). The molecule has 0 aliphatic heterocycles. The van der Waals surface area contributed by atoms with E-state index in [1.807, 2.05) is 32.0 Å². The van der Waals surface area contributed by atoms with Crippen LogP contribution in [0.25, 0.3) is 0 Å². The third-order valence-electron chi connectivity index (χ3n) is 2.59. The van der Waals surface area contributed by atoms with Gasteiger partial charge in [0.25, 0.3) is 0 Å². The first-order valence-corrected chi connectivity index (χ1v) is 5.56. The number of hydrogen-bond acceptors (Lipinski definition) is 2. The van der Waals surface area contributed by atoms with Crippen LogP contribution in [-0.2, 0) is 0 Å². The van der Waals surface area contributed by atoms with Crippen LogP contribution in [0.5, 0.6) is 0 Å². The van der Waals surface area contributed by atoms with Gasteiger partial charge in [0.2, 0.25) is 0 Å². The summed E-state index contributed by atoms with van der Waals surface area (Å²) in [6.07, 6.45) is 0. The molecule has 0 heterocycles. The van der Waals surface area contributed by atoms with Crippen molar-refractivity contribution in [3.8, 4) is 0 Å². The van der Waals surface area contributed by atoms with Gasteiger partial charge in [0, 0.05) is 6.04 Å². The highest BCUT2D eigenvalue weighted by Gasteiger charge is 2.23. The largest absolute Gasteiger partial charge is 0.313 e. The van der Waals surface area contributed by atoms with Gasteiger partial charge in [0.05, 0.1) is 6.04 Å². The van der Waals surface area contributed by atoms with Gasteiger partial charge in [-0.3, -0.25) is 0 Å². The molecule has 0 saturated carbocycles. The van der Waals surface area contributed by atoms with Gasteiger partial charge < -0.3 is 5.21 Å². The Morgan fingerprint density at radius 3 is 1.93 bits per heavy atom. The molecule has 0 aliphatic rings. The lowest BCUT2D eigenvalue weighted by Crippen LogP contribution is -2.34. The molecule has 2 nitrogen and oxygen atoms in total. The molecular weight excluding hydrogens is 186 g/mol. The van der Waals surface area contributed by atoms with E-state index in [0.717, 1.165) is 0 Å². The Hall–Kier alpha value is -0.860. The summed E-state index contributed by atoms with van der Waals surface area (Å²) in [4.78, 5) is 0. The van der Waals surface area contributed by atoms with Crippen LogP contribution < -0.4 is 0 Å². The van der Waals surface area contributed by atoms with Crippen LogP contribution in [-0.4, -0.2) is 16.3 Å². The van der Waals surface area contributed by atoms with Gasteiger partial charge in [-0.2, -0.15) is 5.06 Å². The monoisotopic (exact) mass is 207 g/mol. The van der Waals surface area contributed by atoms with Crippen LogP contribution in [0, 0.1) is 5.92 Å². The van der Waals surface area contributed by atoms with E-state index in [-0.39, 0.29) is 12.1 Å². The maximum Gasteiger partial charge on any atom is 0.0625 e. The van der Waals surface area contributed by atoms with Crippen LogP contribution in [0.4, 0.5) is 0 Å². The van der Waals surface area contributed by atoms with E-state index in [2.05, 4.69) is 26.0 Å². The third kappa shape index (κ3) is 3.05. The number of benzene rings is 1. The van der Waals surface area contributed by atoms with Crippen molar-refractivity contribution in [1.29, 1.82) is 0 Å². The first-order chi connectivity index (χ1) is 7.04. The van der Waals surface area contributed by atoms with Crippen molar-refractivity contribution in [2.45, 2.75) is 39.8 Å². The molecule has 1 aromatic rings. The lowest BCUT2D eigenvalue weighted by Gasteiger charge is -2.32. The molecule has 15 heavy (non-hydrogen) atoms. The number of nitrogens with zero attached hydrogens (tertiary/aromatic N) is 1. The third-order valence-corrected chi connectivity index (χ3v) is 2.59. The fourth-order valence-electron chi connectivity index (χ4n) is 1.81. The maximum atomic E-state index is 10.0. The van der Waals surface area contributed by atoms with Crippen LogP contribution in [0.3, 0.4) is 0 Å². The average molecular weight is 207 g/mol. The molecular formula is C13H21NO. The van der Waals surface area contributed by atoms with Gasteiger partial charge in [-0.05, 0) is 25.3 Å². The molecule has 84 valence electrons. The van der Waals surface area contributed by atoms with E-state index in [1.54, 1.807) is 0 Å². The summed E-state index contributed by atoms with van der Waals surface area (Å²) in [7, 11) is 0. The zero-order valence-electron chi connectivity index (χ0n) is 10.0. The van der Waals surface area contributed by atoms with Gasteiger partial charge in [0.15, 0.2) is 0 Å². The molecule has 0 radical (unpaired) electrons. The van der Waals surface area contributed by atoms with Gasteiger partial charge in [-0.15, -0.1) is 0 Å². The number of hydrogen-bond donors (Lipinski definition) is 1. The van der Waals surface area contributed by atoms with E-state index in [9.17, 15) is 5.21 Å². The molecule has 2 heteroatoms. The van der Waals surface area contributed by atoms with Crippen molar-refractivity contribution < 1.29 is 5.21 Å². The predicted octanol–water partition coefficient (Wildman–Crippen LogP) is 3.48. The summed E-state index contributed by atoms with van der Waals surface area (Å²) in [6.45, 7) is 8.25. The SMILES string of the molecule is CC(C)C(c1ccccc1)N(O)C(C)C. The second-order valence-electron chi connectivity index (χ2n) is 4.57. The average Bonchev–Trinajstić information content (AvgIpc) is 2.18. The zero-order valence-corrected chi connectivity index (χ0v) is 10.0. The molecule has 1 aromatic carbocycles. The highest BCUT2D eigenvalue weighted by atomic mass is 16.5. The van der Waals surface area contributed by atoms with E-state index in [1.165, 1.54) is 10.6 Å². The Balaban J connectivity index is 2.93. The van der Waals surface area contributed by atoms with Crippen LogP contribution in [0.1, 0.15) is 39.3 Å². The summed E-state index contributed by atoms with van der Waals surface area (Å²) >= 11 is 0. The Morgan fingerprint density at radius 2 is 1.53 bits per heavy atom. The first-order valence-electron chi connectivity index (χ1n) is 5.56. The highest BCUT2D eigenvalue weighted by Crippen LogP contribution is 2.28. The summed E-state index contributed by atoms with van der Waals surface area (Å²) in [6, 6.07) is 10.4. The summed E-state index contributed by atoms with van der Waals surface area (Å²) in [5, 5.41) is 11.5. The molecule has 1 N–H and O–H groups in total. The molecule has 0 aromatic heterocycles. The standard InChI is InChI=1S/C13H21NO/c1-10(2)13(14(15)11(3)4)12-8-6-5-7-9-12/h5-11,13,15H,1-4H3. The predicted molar refractivity (Wildman–Crippen MR) is 62.8 cm³/mol. The van der Waals surface area contributed by atoms with Crippen LogP contribution in [0.15, 0.2) is 30.3 Å². The highest BCUT2D eigenvalue weighted by molar-refractivity contribution is 5.19. The van der Waals surface area contributed by atoms with E-state index in [4.69, 9.17) is 0 Å². The molecule has 1 atom stereocenters.